The Balaban J connectivity index is 1.63. The molecule has 0 spiro atoms. The van der Waals surface area contributed by atoms with Gasteiger partial charge in [0.05, 0.1) is 0 Å². The van der Waals surface area contributed by atoms with Gasteiger partial charge in [0.25, 0.3) is 11.8 Å². The molecule has 2 aromatic rings. The maximum absolute atomic E-state index is 13.5. The Kier molecular flexibility index (Phi) is 7.38. The van der Waals surface area contributed by atoms with Crippen molar-refractivity contribution in [1.82, 2.24) is 14.4 Å². The number of carbonyl (C=O) groups is 3. The molecule has 8 heteroatoms. The molecule has 2 fully saturated rings. The number of para-hydroxylation sites is 1. The summed E-state index contributed by atoms with van der Waals surface area (Å²) in [6, 6.07) is 9.49. The second-order valence-corrected chi connectivity index (χ2v) is 9.99. The van der Waals surface area contributed by atoms with E-state index in [0.717, 1.165) is 31.4 Å². The highest BCUT2D eigenvalue weighted by Gasteiger charge is 2.32. The number of hydrogen-bond donors (Lipinski definition) is 0. The van der Waals surface area contributed by atoms with Gasteiger partial charge in [0.1, 0.15) is 17.7 Å². The Bertz CT molecular complexity index is 1150. The topological polar surface area (TPSA) is 82.9 Å². The van der Waals surface area contributed by atoms with Crippen molar-refractivity contribution in [3.63, 3.8) is 0 Å². The fraction of sp³-hybridized carbons (Fsp3) is 0.481. The molecule has 1 aromatic heterocycles. The van der Waals surface area contributed by atoms with Gasteiger partial charge < -0.3 is 19.3 Å². The van der Waals surface area contributed by atoms with Crippen molar-refractivity contribution in [2.24, 2.45) is 5.92 Å². The molecule has 1 aliphatic heterocycles. The standard InChI is InChI=1S/C27H34N4O4/c1-19(2)15-28(3)26(34)22-16-30(20-9-7-8-10-20)17-23(25(22)33)27(35)29-13-14-31(24(32)18-29)21-11-5-4-6-12-21/h4-6,11-12,16-17,19-20H,7-10,13-15,18H2,1-3H3. The molecule has 2 heterocycles. The average Bonchev–Trinajstić information content (AvgIpc) is 3.38. The minimum absolute atomic E-state index is 0.0140. The zero-order valence-electron chi connectivity index (χ0n) is 20.8. The highest BCUT2D eigenvalue weighted by molar-refractivity contribution is 6.03. The van der Waals surface area contributed by atoms with Crippen LogP contribution in [-0.4, -0.2) is 65.3 Å². The molecule has 8 nitrogen and oxygen atoms in total. The largest absolute Gasteiger partial charge is 0.349 e. The lowest BCUT2D eigenvalue weighted by atomic mass is 10.1. The molecule has 1 aromatic carbocycles. The van der Waals surface area contributed by atoms with E-state index in [1.54, 1.807) is 24.3 Å². The number of nitrogens with zero attached hydrogens (tertiary/aromatic N) is 4. The van der Waals surface area contributed by atoms with Gasteiger partial charge in [0.2, 0.25) is 11.3 Å². The van der Waals surface area contributed by atoms with Gasteiger partial charge in [-0.05, 0) is 30.9 Å². The molecule has 186 valence electrons. The number of rotatable bonds is 6. The van der Waals surface area contributed by atoms with Crippen LogP contribution in [0.5, 0.6) is 0 Å². The van der Waals surface area contributed by atoms with Gasteiger partial charge >= 0.3 is 0 Å². The third-order valence-corrected chi connectivity index (χ3v) is 6.81. The molecule has 35 heavy (non-hydrogen) atoms. The summed E-state index contributed by atoms with van der Waals surface area (Å²) in [5, 5.41) is 0. The molecule has 1 aliphatic carbocycles. The number of carbonyl (C=O) groups excluding carboxylic acids is 3. The van der Waals surface area contributed by atoms with Gasteiger partial charge in [-0.15, -0.1) is 0 Å². The SMILES string of the molecule is CC(C)CN(C)C(=O)c1cn(C2CCCC2)cc(C(=O)N2CCN(c3ccccc3)C(=O)C2)c1=O. The fourth-order valence-electron chi connectivity index (χ4n) is 5.05. The number of hydrogen-bond acceptors (Lipinski definition) is 4. The van der Waals surface area contributed by atoms with Crippen molar-refractivity contribution in [3.05, 3.63) is 64.1 Å². The number of aromatic nitrogens is 1. The molecule has 0 radical (unpaired) electrons. The molecular formula is C27H34N4O4. The monoisotopic (exact) mass is 478 g/mol. The Morgan fingerprint density at radius 2 is 1.66 bits per heavy atom. The number of piperazine rings is 1. The van der Waals surface area contributed by atoms with E-state index >= 15 is 0 Å². The van der Waals surface area contributed by atoms with Gasteiger partial charge in [0, 0.05) is 50.8 Å². The second-order valence-electron chi connectivity index (χ2n) is 9.99. The summed E-state index contributed by atoms with van der Waals surface area (Å²) < 4.78 is 1.88. The number of amides is 3. The molecule has 1 saturated carbocycles. The first-order valence-corrected chi connectivity index (χ1v) is 12.4. The molecular weight excluding hydrogens is 444 g/mol. The molecule has 0 N–H and O–H groups in total. The Hall–Kier alpha value is -3.42. The van der Waals surface area contributed by atoms with Crippen LogP contribution in [0.1, 0.15) is 66.3 Å². The highest BCUT2D eigenvalue weighted by Crippen LogP contribution is 2.29. The van der Waals surface area contributed by atoms with E-state index in [-0.39, 0.29) is 41.4 Å². The zero-order valence-corrected chi connectivity index (χ0v) is 20.8. The van der Waals surface area contributed by atoms with Gasteiger partial charge in [0.15, 0.2) is 0 Å². The lowest BCUT2D eigenvalue weighted by Gasteiger charge is -2.34. The van der Waals surface area contributed by atoms with Crippen molar-refractivity contribution >= 4 is 23.4 Å². The summed E-state index contributed by atoms with van der Waals surface area (Å²) in [5.74, 6) is -0.826. The van der Waals surface area contributed by atoms with E-state index in [0.29, 0.717) is 19.6 Å². The molecule has 4 rings (SSSR count). The summed E-state index contributed by atoms with van der Waals surface area (Å²) in [5.41, 5.74) is 0.193. The van der Waals surface area contributed by atoms with Crippen LogP contribution >= 0.6 is 0 Å². The summed E-state index contributed by atoms with van der Waals surface area (Å²) in [6.07, 6.45) is 7.25. The van der Waals surface area contributed by atoms with E-state index in [2.05, 4.69) is 0 Å². The van der Waals surface area contributed by atoms with Gasteiger partial charge in [-0.25, -0.2) is 0 Å². The van der Waals surface area contributed by atoms with Crippen molar-refractivity contribution in [3.8, 4) is 0 Å². The second kappa shape index (κ2) is 10.5. The van der Waals surface area contributed by atoms with Crippen molar-refractivity contribution in [2.75, 3.05) is 38.1 Å². The normalized spacial score (nSPS) is 16.7. The third kappa shape index (κ3) is 5.31. The quantitative estimate of drug-likeness (QED) is 0.639. The molecule has 3 amide bonds. The van der Waals surface area contributed by atoms with E-state index in [1.165, 1.54) is 9.80 Å². The van der Waals surface area contributed by atoms with Gasteiger partial charge in [-0.2, -0.15) is 0 Å². The molecule has 0 atom stereocenters. The molecule has 0 unspecified atom stereocenters. The van der Waals surface area contributed by atoms with Crippen LogP contribution in [0, 0.1) is 5.92 Å². The highest BCUT2D eigenvalue weighted by atomic mass is 16.2. The van der Waals surface area contributed by atoms with Crippen LogP contribution in [0.4, 0.5) is 5.69 Å². The third-order valence-electron chi connectivity index (χ3n) is 6.81. The van der Waals surface area contributed by atoms with E-state index in [4.69, 9.17) is 0 Å². The summed E-state index contributed by atoms with van der Waals surface area (Å²) in [4.78, 5) is 57.6. The van der Waals surface area contributed by atoms with Crippen LogP contribution in [0.15, 0.2) is 47.5 Å². The molecule has 0 bridgehead atoms. The van der Waals surface area contributed by atoms with Crippen molar-refractivity contribution < 1.29 is 14.4 Å². The maximum Gasteiger partial charge on any atom is 0.259 e. The van der Waals surface area contributed by atoms with Crippen LogP contribution < -0.4 is 10.3 Å². The summed E-state index contributed by atoms with van der Waals surface area (Å²) in [6.45, 7) is 5.08. The van der Waals surface area contributed by atoms with Crippen molar-refractivity contribution in [1.29, 1.82) is 0 Å². The Morgan fingerprint density at radius 1 is 1.00 bits per heavy atom. The smallest absolute Gasteiger partial charge is 0.259 e. The van der Waals surface area contributed by atoms with Crippen LogP contribution in [0.2, 0.25) is 0 Å². The van der Waals surface area contributed by atoms with Gasteiger partial charge in [-0.3, -0.25) is 19.2 Å². The van der Waals surface area contributed by atoms with E-state index < -0.39 is 11.3 Å². The Morgan fingerprint density at radius 3 is 2.29 bits per heavy atom. The molecule has 1 saturated heterocycles. The lowest BCUT2D eigenvalue weighted by molar-refractivity contribution is -0.120. The average molecular weight is 479 g/mol. The first-order valence-electron chi connectivity index (χ1n) is 12.4. The summed E-state index contributed by atoms with van der Waals surface area (Å²) in [7, 11) is 1.68. The lowest BCUT2D eigenvalue weighted by Crippen LogP contribution is -2.53. The first kappa shape index (κ1) is 24.7. The Labute approximate surface area is 206 Å². The number of benzene rings is 1. The number of anilines is 1. The van der Waals surface area contributed by atoms with Crippen LogP contribution in [0.25, 0.3) is 0 Å². The van der Waals surface area contributed by atoms with Gasteiger partial charge in [-0.1, -0.05) is 44.9 Å². The maximum atomic E-state index is 13.5. The number of pyridine rings is 1. The minimum Gasteiger partial charge on any atom is -0.349 e. The summed E-state index contributed by atoms with van der Waals surface area (Å²) >= 11 is 0. The predicted molar refractivity (Wildman–Crippen MR) is 135 cm³/mol. The first-order chi connectivity index (χ1) is 16.8. The zero-order chi connectivity index (χ0) is 25.1. The van der Waals surface area contributed by atoms with Crippen LogP contribution in [0.3, 0.4) is 0 Å². The van der Waals surface area contributed by atoms with E-state index in [1.807, 2.05) is 48.7 Å². The predicted octanol–water partition coefficient (Wildman–Crippen LogP) is 3.18. The minimum atomic E-state index is -0.567. The van der Waals surface area contributed by atoms with Crippen molar-refractivity contribution in [2.45, 2.75) is 45.6 Å². The van der Waals surface area contributed by atoms with E-state index in [9.17, 15) is 19.2 Å². The fourth-order valence-corrected chi connectivity index (χ4v) is 5.05. The van der Waals surface area contributed by atoms with Crippen LogP contribution in [-0.2, 0) is 4.79 Å². The molecule has 2 aliphatic rings.